The van der Waals surface area contributed by atoms with E-state index in [2.05, 4.69) is 63.1 Å². The number of phenols is 2. The van der Waals surface area contributed by atoms with E-state index in [1.54, 1.807) is 65.1 Å². The predicted octanol–water partition coefficient (Wildman–Crippen LogP) is 0.792. The second-order valence-corrected chi connectivity index (χ2v) is 30.7. The third-order valence-electron chi connectivity index (χ3n) is 18.4. The Morgan fingerprint density at radius 2 is 1.25 bits per heavy atom. The molecule has 0 spiro atoms. The second-order valence-electron chi connectivity index (χ2n) is 28.6. The van der Waals surface area contributed by atoms with E-state index < -0.39 is 160 Å². The van der Waals surface area contributed by atoms with Crippen molar-refractivity contribution in [3.63, 3.8) is 0 Å². The standard InChI is InChI=1S/C73H98N14O16S2/c1-39(2)73(10)70(103)82-53(35-88)62(95)81-54(59(74)93)38-105-37-45-15-11-14-44(30-45)36-104-29-26-56(92)83-58(71(5,6)7)67(100)80-52(32-43-20-24-48(91)25-21-43)68(101)87-28-13-17-55(87)65(98)84-57(41(4)89)66(99)79-51(33-46-34-76-60-49(46)16-12-27-75-60)63(96)85-72(8,9)69(102)77-40(3)61(94)78-50(64(97)86-73)31-42-18-22-47(90)23-19-42/h11-12,14-16,18-25,27,30,34,39-41,50-55,57-58,88-91H,13,17,26,28-29,31-33,35-38H2,1-10H3,(H2,74,93)(H,75,76)(H,77,102)(H,78,94)(H,79,99)(H,80,100)(H,81,95)(H,82,103)(H,83,92)(H,84,98)(H,85,96)(H,86,97)/t40-,41+,50-,51-,52-,53-,54-,55-,57?,58?,73-/m0/s1. The normalized spacial score (nSPS) is 25.3. The Balaban J connectivity index is 1.19. The third-order valence-corrected chi connectivity index (χ3v) is 20.6. The van der Waals surface area contributed by atoms with Gasteiger partial charge in [-0.25, -0.2) is 4.98 Å². The third kappa shape index (κ3) is 22.9. The molecule has 2 aliphatic rings. The number of thioether (sulfide) groups is 2. The molecule has 5 aromatic rings. The molecule has 1 saturated heterocycles. The van der Waals surface area contributed by atoms with Crippen LogP contribution in [0.3, 0.4) is 0 Å². The number of nitrogens with two attached hydrogens (primary N) is 1. The Morgan fingerprint density at radius 3 is 1.85 bits per heavy atom. The van der Waals surface area contributed by atoms with Crippen molar-refractivity contribution in [3.8, 4) is 11.5 Å². The maximum absolute atomic E-state index is 15.0. The first-order valence-electron chi connectivity index (χ1n) is 34.6. The van der Waals surface area contributed by atoms with Crippen LogP contribution in [0.15, 0.2) is 97.3 Å². The van der Waals surface area contributed by atoms with E-state index in [0.29, 0.717) is 51.4 Å². The van der Waals surface area contributed by atoms with Crippen molar-refractivity contribution in [3.05, 3.63) is 125 Å². The van der Waals surface area contributed by atoms with Crippen molar-refractivity contribution in [2.45, 2.75) is 191 Å². The van der Waals surface area contributed by atoms with Crippen molar-refractivity contribution >= 4 is 105 Å². The number of benzene rings is 3. The molecule has 17 N–H and O–H groups in total. The summed E-state index contributed by atoms with van der Waals surface area (Å²) in [6, 6.07) is 9.51. The van der Waals surface area contributed by atoms with Crippen molar-refractivity contribution in [2.75, 3.05) is 24.7 Å². The lowest BCUT2D eigenvalue weighted by molar-refractivity contribution is -0.143. The van der Waals surface area contributed by atoms with Gasteiger partial charge in [0.2, 0.25) is 70.9 Å². The van der Waals surface area contributed by atoms with Crippen LogP contribution in [-0.4, -0.2) is 202 Å². The zero-order valence-electron chi connectivity index (χ0n) is 60.5. The summed E-state index contributed by atoms with van der Waals surface area (Å²) in [6.45, 7) is 14.0. The minimum absolute atomic E-state index is 0.00306. The molecule has 568 valence electrons. The molecule has 1 fully saturated rings. The van der Waals surface area contributed by atoms with Gasteiger partial charge in [-0.15, -0.1) is 0 Å². The van der Waals surface area contributed by atoms with Gasteiger partial charge in [0, 0.05) is 73.0 Å². The fraction of sp³-hybridized carbons (Fsp3) is 0.493. The number of aromatic amines is 1. The summed E-state index contributed by atoms with van der Waals surface area (Å²) >= 11 is 2.72. The van der Waals surface area contributed by atoms with Crippen LogP contribution in [0.25, 0.3) is 11.0 Å². The van der Waals surface area contributed by atoms with E-state index >= 15 is 4.79 Å². The topological polar surface area (TPSA) is 464 Å². The molecule has 32 heteroatoms. The first-order chi connectivity index (χ1) is 49.5. The first kappa shape index (κ1) is 82.5. The summed E-state index contributed by atoms with van der Waals surface area (Å²) in [4.78, 5) is 180. The Bertz CT molecular complexity index is 3960. The highest BCUT2D eigenvalue weighted by Crippen LogP contribution is 2.27. The number of pyridine rings is 1. The van der Waals surface area contributed by atoms with Gasteiger partial charge in [0.15, 0.2) is 0 Å². The Kier molecular flexibility index (Phi) is 28.9. The smallest absolute Gasteiger partial charge is 0.246 e. The molecule has 0 radical (unpaired) electrons. The molecule has 2 aliphatic heterocycles. The highest BCUT2D eigenvalue weighted by Gasteiger charge is 2.45. The fourth-order valence-corrected chi connectivity index (χ4v) is 13.7. The molecule has 2 aromatic heterocycles. The maximum Gasteiger partial charge on any atom is 0.246 e. The molecule has 7 rings (SSSR count). The van der Waals surface area contributed by atoms with Crippen molar-refractivity contribution in [1.29, 1.82) is 0 Å². The summed E-state index contributed by atoms with van der Waals surface area (Å²) in [5.74, 6) is -10.1. The Hall–Kier alpha value is -9.79. The number of nitrogens with one attached hydrogen (secondary N) is 11. The minimum Gasteiger partial charge on any atom is -0.508 e. The first-order valence-corrected chi connectivity index (χ1v) is 36.9. The van der Waals surface area contributed by atoms with Gasteiger partial charge in [-0.1, -0.05) is 83.1 Å². The molecule has 11 atom stereocenters. The number of H-pyrrole nitrogens is 1. The number of rotatable bonds is 10. The van der Waals surface area contributed by atoms with Crippen LogP contribution in [0.1, 0.15) is 116 Å². The van der Waals surface area contributed by atoms with Gasteiger partial charge < -0.3 is 89.2 Å². The summed E-state index contributed by atoms with van der Waals surface area (Å²) in [5, 5.41) is 69.1. The number of primary amides is 1. The molecule has 4 heterocycles. The highest BCUT2D eigenvalue weighted by atomic mass is 32.2. The van der Waals surface area contributed by atoms with E-state index in [-0.39, 0.29) is 55.9 Å². The van der Waals surface area contributed by atoms with Gasteiger partial charge >= 0.3 is 0 Å². The Labute approximate surface area is 617 Å². The van der Waals surface area contributed by atoms with Crippen LogP contribution in [0.4, 0.5) is 0 Å². The number of aromatic hydroxyl groups is 2. The number of amides is 12. The SMILES string of the molecule is CC(C)[C@]1(C)NC(=O)[C@H](Cc2ccc(O)cc2)NC(=O)[C@H](C)NC(=O)C(C)(C)NC(=O)[C@H](Cc2c[nH]c3ncccc23)NC(=O)C([C@@H](C)O)NC(=O)[C@@H]2CCCN2C(=O)[C@H](Cc2ccc(O)cc2)NC(=O)C(C(C)(C)C)NC(=O)CCSCc2cccc(c2)CSC[C@@H](C(N)=O)NC(=O)[C@H](CO)NC1=O. The van der Waals surface area contributed by atoms with E-state index in [1.807, 2.05) is 24.3 Å². The quantitative estimate of drug-likeness (QED) is 0.0919. The number of aliphatic hydroxyl groups is 2. The molecule has 0 aliphatic carbocycles. The van der Waals surface area contributed by atoms with Crippen LogP contribution >= 0.6 is 23.5 Å². The molecule has 105 heavy (non-hydrogen) atoms. The number of aromatic nitrogens is 2. The Morgan fingerprint density at radius 1 is 0.657 bits per heavy atom. The molecular formula is C73H98N14O16S2. The van der Waals surface area contributed by atoms with Crippen LogP contribution < -0.4 is 58.9 Å². The second kappa shape index (κ2) is 36.8. The molecule has 2 bridgehead atoms. The number of hydrogen-bond donors (Lipinski definition) is 16. The van der Waals surface area contributed by atoms with E-state index in [4.69, 9.17) is 5.73 Å². The number of phenolic OH excluding ortho intramolecular Hbond substituents is 2. The van der Waals surface area contributed by atoms with Crippen LogP contribution in [0.2, 0.25) is 0 Å². The monoisotopic (exact) mass is 1490 g/mol. The van der Waals surface area contributed by atoms with Crippen LogP contribution in [0.5, 0.6) is 11.5 Å². The molecule has 2 unspecified atom stereocenters. The van der Waals surface area contributed by atoms with Gasteiger partial charge in [0.25, 0.3) is 0 Å². The van der Waals surface area contributed by atoms with Gasteiger partial charge in [-0.2, -0.15) is 23.5 Å². The molecule has 0 saturated carbocycles. The summed E-state index contributed by atoms with van der Waals surface area (Å²) in [5.41, 5.74) is 4.69. The number of carbonyl (C=O) groups is 12. The number of fused-ring (bicyclic) bond motifs is 4. The summed E-state index contributed by atoms with van der Waals surface area (Å²) in [7, 11) is 0. The van der Waals surface area contributed by atoms with Crippen molar-refractivity contribution < 1.29 is 78.0 Å². The van der Waals surface area contributed by atoms with Crippen LogP contribution in [-0.2, 0) is 88.3 Å². The highest BCUT2D eigenvalue weighted by molar-refractivity contribution is 7.98. The lowest BCUT2D eigenvalue weighted by Gasteiger charge is -2.36. The van der Waals surface area contributed by atoms with E-state index in [0.717, 1.165) is 11.1 Å². The predicted molar refractivity (Wildman–Crippen MR) is 394 cm³/mol. The minimum atomic E-state index is -1.90. The number of hydrogen-bond acceptors (Lipinski definition) is 19. The zero-order chi connectivity index (χ0) is 77.3. The average molecular weight is 1490 g/mol. The van der Waals surface area contributed by atoms with Crippen molar-refractivity contribution in [2.24, 2.45) is 17.1 Å². The maximum atomic E-state index is 15.0. The molecular weight excluding hydrogens is 1390 g/mol. The lowest BCUT2D eigenvalue weighted by Crippen LogP contribution is -2.66. The lowest BCUT2D eigenvalue weighted by atomic mass is 9.85. The zero-order valence-corrected chi connectivity index (χ0v) is 62.2. The number of aliphatic hydroxyl groups excluding tert-OH is 2. The number of carbonyl (C=O) groups excluding carboxylic acids is 12. The largest absolute Gasteiger partial charge is 0.508 e. The van der Waals surface area contributed by atoms with Crippen molar-refractivity contribution in [1.82, 2.24) is 68.0 Å². The van der Waals surface area contributed by atoms with E-state index in [9.17, 15) is 73.2 Å². The van der Waals surface area contributed by atoms with Gasteiger partial charge in [-0.3, -0.25) is 57.5 Å². The fourth-order valence-electron chi connectivity index (χ4n) is 11.8. The summed E-state index contributed by atoms with van der Waals surface area (Å²) < 4.78 is 0. The van der Waals surface area contributed by atoms with E-state index in [1.165, 1.54) is 106 Å². The van der Waals surface area contributed by atoms with Gasteiger partial charge in [0.1, 0.15) is 82.6 Å². The molecule has 30 nitrogen and oxygen atoms in total. The average Bonchev–Trinajstić information content (AvgIpc) is 1.11. The molecule has 12 amide bonds. The van der Waals surface area contributed by atoms with Gasteiger partial charge in [-0.05, 0) is 123 Å². The van der Waals surface area contributed by atoms with Crippen LogP contribution in [0, 0.1) is 11.3 Å². The summed E-state index contributed by atoms with van der Waals surface area (Å²) in [6.07, 6.45) is 1.23. The van der Waals surface area contributed by atoms with Gasteiger partial charge in [0.05, 0.1) is 12.7 Å². The molecule has 3 aromatic carbocycles. The number of nitrogens with zero attached hydrogens (tertiary/aromatic N) is 2.